The van der Waals surface area contributed by atoms with Crippen LogP contribution in [0.4, 0.5) is 17.5 Å². The van der Waals surface area contributed by atoms with E-state index in [1.54, 1.807) is 0 Å². The third-order valence-corrected chi connectivity index (χ3v) is 4.60. The molecule has 3 heterocycles. The van der Waals surface area contributed by atoms with Crippen LogP contribution in [0.1, 0.15) is 12.6 Å². The fourth-order valence-corrected chi connectivity index (χ4v) is 3.07. The molecule has 136 valence electrons. The highest BCUT2D eigenvalue weighted by Gasteiger charge is 2.24. The molecule has 8 nitrogen and oxygen atoms in total. The van der Waals surface area contributed by atoms with Crippen molar-refractivity contribution >= 4 is 29.2 Å². The normalized spacial score (nSPS) is 15.4. The van der Waals surface area contributed by atoms with Gasteiger partial charge in [-0.1, -0.05) is 11.8 Å². The number of nitrogens with one attached hydrogen (secondary N) is 2. The van der Waals surface area contributed by atoms with E-state index in [0.29, 0.717) is 29.1 Å². The minimum Gasteiger partial charge on any atom is -0.487 e. The molecule has 0 amide bonds. The second-order valence-corrected chi connectivity index (χ2v) is 6.77. The summed E-state index contributed by atoms with van der Waals surface area (Å²) in [5.74, 6) is 2.91. The van der Waals surface area contributed by atoms with Crippen LogP contribution in [0, 0.1) is 6.92 Å². The van der Waals surface area contributed by atoms with Crippen molar-refractivity contribution in [3.8, 4) is 5.75 Å². The third kappa shape index (κ3) is 4.16. The van der Waals surface area contributed by atoms with Gasteiger partial charge in [0.25, 0.3) is 0 Å². The maximum Gasteiger partial charge on any atom is 0.205 e. The fraction of sp³-hybridized carbons (Fsp3) is 0.562. The molecule has 0 atom stereocenters. The largest absolute Gasteiger partial charge is 0.487 e. The van der Waals surface area contributed by atoms with Crippen molar-refractivity contribution in [2.75, 3.05) is 56.3 Å². The number of hydrogen-bond donors (Lipinski definition) is 2. The summed E-state index contributed by atoms with van der Waals surface area (Å²) in [5, 5.41) is 11.2. The second-order valence-electron chi connectivity index (χ2n) is 6.00. The van der Waals surface area contributed by atoms with Crippen molar-refractivity contribution in [2.45, 2.75) is 19.0 Å². The molecule has 0 bridgehead atoms. The van der Waals surface area contributed by atoms with Gasteiger partial charge in [0.15, 0.2) is 22.6 Å². The van der Waals surface area contributed by atoms with E-state index in [4.69, 9.17) is 9.72 Å². The van der Waals surface area contributed by atoms with Crippen molar-refractivity contribution in [3.05, 3.63) is 11.8 Å². The predicted molar refractivity (Wildman–Crippen MR) is 101 cm³/mol. The smallest absolute Gasteiger partial charge is 0.205 e. The van der Waals surface area contributed by atoms with Crippen LogP contribution in [0.15, 0.2) is 11.2 Å². The van der Waals surface area contributed by atoms with Gasteiger partial charge in [0.05, 0.1) is 6.61 Å². The number of rotatable bonds is 6. The molecule has 9 heteroatoms. The van der Waals surface area contributed by atoms with Crippen molar-refractivity contribution in [3.63, 3.8) is 0 Å². The van der Waals surface area contributed by atoms with E-state index in [1.807, 2.05) is 26.2 Å². The number of hydrogen-bond acceptors (Lipinski definition) is 8. The molecule has 1 aliphatic heterocycles. The minimum atomic E-state index is 0.553. The molecule has 1 aliphatic rings. The molecule has 2 aromatic rings. The summed E-state index contributed by atoms with van der Waals surface area (Å²) < 4.78 is 5.94. The van der Waals surface area contributed by atoms with E-state index in [1.165, 1.54) is 11.8 Å². The fourth-order valence-electron chi connectivity index (χ4n) is 2.71. The van der Waals surface area contributed by atoms with Gasteiger partial charge in [-0.2, -0.15) is 5.10 Å². The van der Waals surface area contributed by atoms with Crippen LogP contribution < -0.4 is 15.0 Å². The van der Waals surface area contributed by atoms with Gasteiger partial charge in [0.1, 0.15) is 0 Å². The lowest BCUT2D eigenvalue weighted by molar-refractivity contribution is 0.305. The first kappa shape index (κ1) is 17.8. The standard InChI is InChI=1S/C16H25N7OS/c1-5-24-13-14(17-12-10-11(2)20-21-12)18-16(25-4)19-15(13)23-8-6-22(3)7-9-23/h10H,5-9H2,1-4H3,(H2,17,18,19,20,21). The van der Waals surface area contributed by atoms with Crippen LogP contribution in [0.2, 0.25) is 0 Å². The first-order valence-electron chi connectivity index (χ1n) is 8.42. The van der Waals surface area contributed by atoms with Crippen LogP contribution in [0.3, 0.4) is 0 Å². The molecule has 1 saturated heterocycles. The Balaban J connectivity index is 1.98. The SMILES string of the molecule is CCOc1c(Nc2cc(C)[nH]n2)nc(SC)nc1N1CCN(C)CC1. The van der Waals surface area contributed by atoms with E-state index in [0.717, 1.165) is 37.7 Å². The molecule has 2 N–H and O–H groups in total. The first-order chi connectivity index (χ1) is 12.1. The number of aromatic amines is 1. The molecule has 0 aromatic carbocycles. The zero-order valence-corrected chi connectivity index (χ0v) is 16.0. The molecule has 25 heavy (non-hydrogen) atoms. The van der Waals surface area contributed by atoms with Crippen molar-refractivity contribution in [1.29, 1.82) is 0 Å². The van der Waals surface area contributed by atoms with E-state index >= 15 is 0 Å². The number of aryl methyl sites for hydroxylation is 1. The molecule has 2 aromatic heterocycles. The highest BCUT2D eigenvalue weighted by atomic mass is 32.2. The molecule has 3 rings (SSSR count). The number of piperazine rings is 1. The van der Waals surface area contributed by atoms with Gasteiger partial charge in [0.2, 0.25) is 5.75 Å². The van der Waals surface area contributed by atoms with Gasteiger partial charge in [0, 0.05) is 37.9 Å². The maximum absolute atomic E-state index is 5.94. The van der Waals surface area contributed by atoms with Crippen molar-refractivity contribution < 1.29 is 4.74 Å². The average Bonchev–Trinajstić information content (AvgIpc) is 3.02. The Bertz CT molecular complexity index is 713. The number of aromatic nitrogens is 4. The molecule has 0 radical (unpaired) electrons. The minimum absolute atomic E-state index is 0.553. The maximum atomic E-state index is 5.94. The van der Waals surface area contributed by atoms with E-state index in [9.17, 15) is 0 Å². The van der Waals surface area contributed by atoms with E-state index < -0.39 is 0 Å². The Hall–Kier alpha value is -2.00. The number of H-pyrrole nitrogens is 1. The topological polar surface area (TPSA) is 82.2 Å². The summed E-state index contributed by atoms with van der Waals surface area (Å²) in [6.07, 6.45) is 1.98. The molecule has 0 aliphatic carbocycles. The van der Waals surface area contributed by atoms with Gasteiger partial charge in [-0.15, -0.1) is 0 Å². The lowest BCUT2D eigenvalue weighted by Gasteiger charge is -2.34. The quantitative estimate of drug-likeness (QED) is 0.597. The van der Waals surface area contributed by atoms with Crippen LogP contribution in [-0.4, -0.2) is 71.2 Å². The molecule has 0 spiro atoms. The van der Waals surface area contributed by atoms with Crippen molar-refractivity contribution in [1.82, 2.24) is 25.1 Å². The molecule has 0 unspecified atom stereocenters. The highest BCUT2D eigenvalue weighted by Crippen LogP contribution is 2.36. The molecular weight excluding hydrogens is 338 g/mol. The van der Waals surface area contributed by atoms with Crippen LogP contribution in [0.25, 0.3) is 0 Å². The average molecular weight is 363 g/mol. The van der Waals surface area contributed by atoms with Gasteiger partial charge in [-0.25, -0.2) is 9.97 Å². The van der Waals surface area contributed by atoms with Crippen LogP contribution >= 0.6 is 11.8 Å². The van der Waals surface area contributed by atoms with Gasteiger partial charge in [-0.3, -0.25) is 5.10 Å². The Morgan fingerprint density at radius 3 is 2.64 bits per heavy atom. The summed E-state index contributed by atoms with van der Waals surface area (Å²) in [7, 11) is 2.14. The van der Waals surface area contributed by atoms with Gasteiger partial charge >= 0.3 is 0 Å². The number of nitrogens with zero attached hydrogens (tertiary/aromatic N) is 5. The summed E-state index contributed by atoms with van der Waals surface area (Å²) in [4.78, 5) is 13.9. The zero-order chi connectivity index (χ0) is 17.8. The summed E-state index contributed by atoms with van der Waals surface area (Å²) in [5.41, 5.74) is 0.985. The Morgan fingerprint density at radius 1 is 1.28 bits per heavy atom. The second kappa shape index (κ2) is 7.92. The number of anilines is 3. The number of ether oxygens (including phenoxy) is 1. The third-order valence-electron chi connectivity index (χ3n) is 4.05. The molecule has 1 fully saturated rings. The lowest BCUT2D eigenvalue weighted by Crippen LogP contribution is -2.45. The molecule has 0 saturated carbocycles. The number of likely N-dealkylation sites (N-methyl/N-ethyl adjacent to an activating group) is 1. The summed E-state index contributed by atoms with van der Waals surface area (Å²) in [6.45, 7) is 8.34. The highest BCUT2D eigenvalue weighted by molar-refractivity contribution is 7.98. The van der Waals surface area contributed by atoms with Crippen molar-refractivity contribution in [2.24, 2.45) is 0 Å². The zero-order valence-electron chi connectivity index (χ0n) is 15.2. The monoisotopic (exact) mass is 363 g/mol. The Labute approximate surface area is 152 Å². The number of thioether (sulfide) groups is 1. The first-order valence-corrected chi connectivity index (χ1v) is 9.64. The summed E-state index contributed by atoms with van der Waals surface area (Å²) in [6, 6.07) is 1.94. The van der Waals surface area contributed by atoms with Gasteiger partial charge < -0.3 is 19.9 Å². The Morgan fingerprint density at radius 2 is 2.04 bits per heavy atom. The lowest BCUT2D eigenvalue weighted by atomic mass is 10.3. The predicted octanol–water partition coefficient (Wildman–Crippen LogP) is 2.12. The van der Waals surface area contributed by atoms with E-state index in [2.05, 4.69) is 37.3 Å². The van der Waals surface area contributed by atoms with Crippen LogP contribution in [0.5, 0.6) is 5.75 Å². The summed E-state index contributed by atoms with van der Waals surface area (Å²) >= 11 is 1.52. The van der Waals surface area contributed by atoms with E-state index in [-0.39, 0.29) is 0 Å². The van der Waals surface area contributed by atoms with Crippen LogP contribution in [-0.2, 0) is 0 Å². The van der Waals surface area contributed by atoms with Gasteiger partial charge in [-0.05, 0) is 27.2 Å². The Kier molecular flexibility index (Phi) is 5.64. The molecular formula is C16H25N7OS.